The van der Waals surface area contributed by atoms with Crippen LogP contribution in [0.25, 0.3) is 0 Å². The van der Waals surface area contributed by atoms with Crippen LogP contribution in [0.5, 0.6) is 0 Å². The number of carbonyl (C=O) groups excluding carboxylic acids is 1. The molecule has 8 heteroatoms. The van der Waals surface area contributed by atoms with Crippen molar-refractivity contribution in [2.24, 2.45) is 35.6 Å². The molecule has 3 heterocycles. The Hall–Kier alpha value is -2.12. The van der Waals surface area contributed by atoms with Crippen LogP contribution in [0.1, 0.15) is 65.2 Å². The number of rotatable bonds is 4. The highest BCUT2D eigenvalue weighted by atomic mass is 16.6. The van der Waals surface area contributed by atoms with E-state index < -0.39 is 0 Å². The summed E-state index contributed by atoms with van der Waals surface area (Å²) in [4.78, 5) is 28.7. The molecule has 2 unspecified atom stereocenters. The van der Waals surface area contributed by atoms with Gasteiger partial charge in [-0.2, -0.15) is 5.10 Å². The van der Waals surface area contributed by atoms with E-state index in [1.807, 2.05) is 0 Å². The Morgan fingerprint density at radius 1 is 1.12 bits per heavy atom. The van der Waals surface area contributed by atoms with Crippen molar-refractivity contribution in [3.8, 4) is 0 Å². The van der Waals surface area contributed by atoms with E-state index in [0.29, 0.717) is 34.4 Å². The maximum Gasteiger partial charge on any atom is 0.331 e. The molecular formula is C24H37N5O3. The van der Waals surface area contributed by atoms with Gasteiger partial charge < -0.3 is 9.80 Å². The molecule has 5 rings (SSSR count). The molecule has 0 N–H and O–H groups in total. The number of hydrogen-bond acceptors (Lipinski definition) is 5. The minimum absolute atomic E-state index is 0.0895. The third-order valence-corrected chi connectivity index (χ3v) is 8.69. The van der Waals surface area contributed by atoms with Crippen LogP contribution in [0.2, 0.25) is 0 Å². The fraction of sp³-hybridized carbons (Fsp3) is 0.833. The van der Waals surface area contributed by atoms with E-state index in [1.165, 1.54) is 19.0 Å². The number of carbonyl (C=O) groups is 1. The van der Waals surface area contributed by atoms with Gasteiger partial charge in [0.25, 0.3) is 0 Å². The topological polar surface area (TPSA) is 84.5 Å². The fourth-order valence-electron chi connectivity index (χ4n) is 7.78. The van der Waals surface area contributed by atoms with Gasteiger partial charge in [-0.3, -0.25) is 14.9 Å². The highest BCUT2D eigenvalue weighted by molar-refractivity contribution is 5.80. The third-order valence-electron chi connectivity index (χ3n) is 8.69. The first-order chi connectivity index (χ1) is 15.2. The lowest BCUT2D eigenvalue weighted by Crippen LogP contribution is -2.56. The molecule has 32 heavy (non-hydrogen) atoms. The first-order valence-corrected chi connectivity index (χ1v) is 12.4. The summed E-state index contributed by atoms with van der Waals surface area (Å²) in [6.07, 6.45) is 10.5. The predicted octanol–water partition coefficient (Wildman–Crippen LogP) is 4.00. The van der Waals surface area contributed by atoms with Crippen molar-refractivity contribution >= 4 is 17.4 Å². The molecule has 1 amide bonds. The third kappa shape index (κ3) is 3.79. The Balaban J connectivity index is 1.20. The maximum atomic E-state index is 13.2. The van der Waals surface area contributed by atoms with E-state index in [1.54, 1.807) is 11.7 Å². The maximum absolute atomic E-state index is 13.2. The van der Waals surface area contributed by atoms with Crippen LogP contribution in [-0.2, 0) is 11.8 Å². The molecule has 4 fully saturated rings. The summed E-state index contributed by atoms with van der Waals surface area (Å²) in [5.41, 5.74) is 1.03. The second-order valence-corrected chi connectivity index (χ2v) is 11.9. The van der Waals surface area contributed by atoms with Crippen molar-refractivity contribution < 1.29 is 9.72 Å². The van der Waals surface area contributed by atoms with E-state index in [4.69, 9.17) is 0 Å². The molecule has 1 aromatic heterocycles. The summed E-state index contributed by atoms with van der Waals surface area (Å²) in [5, 5.41) is 15.6. The molecule has 2 aliphatic heterocycles. The van der Waals surface area contributed by atoms with Crippen molar-refractivity contribution in [2.75, 3.05) is 31.1 Å². The Kier molecular flexibility index (Phi) is 5.25. The summed E-state index contributed by atoms with van der Waals surface area (Å²) in [7, 11) is 1.78. The minimum Gasteiger partial charge on any atom is -0.351 e. The Labute approximate surface area is 190 Å². The number of aromatic nitrogens is 2. The second-order valence-electron chi connectivity index (χ2n) is 11.9. The number of hydrogen-bond donors (Lipinski definition) is 0. The molecule has 2 saturated heterocycles. The molecule has 8 nitrogen and oxygen atoms in total. The van der Waals surface area contributed by atoms with Gasteiger partial charge in [-0.1, -0.05) is 13.8 Å². The zero-order valence-corrected chi connectivity index (χ0v) is 19.8. The van der Waals surface area contributed by atoms with Crippen molar-refractivity contribution in [1.82, 2.24) is 14.7 Å². The number of amides is 1. The second kappa shape index (κ2) is 7.73. The standard InChI is InChI=1S/C24H37N5O3/c1-23(2)15-24(16-23)10-19(11-24)22(30)28-9-5-7-18(14-28)17-6-4-8-27(13-17)21-20(29(31)32)12-25-26(21)3/h12,17-19H,4-11,13-16H2,1-3H3. The van der Waals surface area contributed by atoms with E-state index in [0.717, 1.165) is 64.7 Å². The summed E-state index contributed by atoms with van der Waals surface area (Å²) in [5.74, 6) is 2.20. The smallest absolute Gasteiger partial charge is 0.331 e. The molecule has 2 saturated carbocycles. The largest absolute Gasteiger partial charge is 0.351 e. The van der Waals surface area contributed by atoms with E-state index in [9.17, 15) is 14.9 Å². The fourth-order valence-corrected chi connectivity index (χ4v) is 7.78. The minimum atomic E-state index is -0.332. The van der Waals surface area contributed by atoms with E-state index in [2.05, 4.69) is 28.7 Å². The van der Waals surface area contributed by atoms with Crippen LogP contribution in [0.3, 0.4) is 0 Å². The normalized spacial score (nSPS) is 29.5. The SMILES string of the molecule is Cn1ncc([N+](=O)[O-])c1N1CCCC(C2CCCN(C(=O)C3CC4(C3)CC(C)(C)C4)C2)C1. The molecule has 1 aromatic rings. The van der Waals surface area contributed by atoms with Gasteiger partial charge in [0.05, 0.1) is 4.92 Å². The molecule has 176 valence electrons. The summed E-state index contributed by atoms with van der Waals surface area (Å²) < 4.78 is 1.63. The van der Waals surface area contributed by atoms with Gasteiger partial charge in [-0.25, -0.2) is 4.68 Å². The van der Waals surface area contributed by atoms with Gasteiger partial charge in [0.15, 0.2) is 0 Å². The van der Waals surface area contributed by atoms with Crippen LogP contribution >= 0.6 is 0 Å². The van der Waals surface area contributed by atoms with Crippen LogP contribution < -0.4 is 4.90 Å². The highest BCUT2D eigenvalue weighted by Crippen LogP contribution is 2.66. The lowest BCUT2D eigenvalue weighted by atomic mass is 9.43. The Bertz CT molecular complexity index is 893. The van der Waals surface area contributed by atoms with Crippen molar-refractivity contribution in [3.63, 3.8) is 0 Å². The number of nitro groups is 1. The first-order valence-electron chi connectivity index (χ1n) is 12.4. The van der Waals surface area contributed by atoms with Crippen LogP contribution in [-0.4, -0.2) is 51.7 Å². The molecular weight excluding hydrogens is 406 g/mol. The van der Waals surface area contributed by atoms with Crippen LogP contribution in [0.4, 0.5) is 11.5 Å². The lowest BCUT2D eigenvalue weighted by Gasteiger charge is -2.62. The molecule has 2 atom stereocenters. The molecule has 2 aliphatic carbocycles. The van der Waals surface area contributed by atoms with Gasteiger partial charge in [-0.05, 0) is 74.0 Å². The van der Waals surface area contributed by atoms with E-state index in [-0.39, 0.29) is 16.5 Å². The highest BCUT2D eigenvalue weighted by Gasteiger charge is 2.58. The summed E-state index contributed by atoms with van der Waals surface area (Å²) in [6, 6.07) is 0. The van der Waals surface area contributed by atoms with Gasteiger partial charge in [0.2, 0.25) is 11.7 Å². The van der Waals surface area contributed by atoms with Gasteiger partial charge >= 0.3 is 5.69 Å². The van der Waals surface area contributed by atoms with Gasteiger partial charge in [0.1, 0.15) is 6.20 Å². The quantitative estimate of drug-likeness (QED) is 0.519. The molecule has 0 bridgehead atoms. The van der Waals surface area contributed by atoms with E-state index >= 15 is 0 Å². The average Bonchev–Trinajstić information content (AvgIpc) is 3.11. The van der Waals surface area contributed by atoms with Crippen molar-refractivity contribution in [1.29, 1.82) is 0 Å². The number of nitrogens with zero attached hydrogens (tertiary/aromatic N) is 5. The summed E-state index contributed by atoms with van der Waals surface area (Å²) >= 11 is 0. The van der Waals surface area contributed by atoms with Gasteiger partial charge in [0, 0.05) is 39.1 Å². The molecule has 4 aliphatic rings. The Morgan fingerprint density at radius 3 is 2.44 bits per heavy atom. The van der Waals surface area contributed by atoms with Gasteiger partial charge in [-0.15, -0.1) is 0 Å². The number of likely N-dealkylation sites (tertiary alicyclic amines) is 1. The van der Waals surface area contributed by atoms with Crippen molar-refractivity contribution in [2.45, 2.75) is 65.2 Å². The zero-order valence-electron chi connectivity index (χ0n) is 19.8. The predicted molar refractivity (Wildman–Crippen MR) is 122 cm³/mol. The first kappa shape index (κ1) is 21.7. The average molecular weight is 444 g/mol. The number of piperidine rings is 2. The zero-order chi connectivity index (χ0) is 22.7. The molecule has 0 aromatic carbocycles. The van der Waals surface area contributed by atoms with Crippen LogP contribution in [0.15, 0.2) is 6.20 Å². The number of aryl methyl sites for hydroxylation is 1. The van der Waals surface area contributed by atoms with Crippen LogP contribution in [0, 0.1) is 38.7 Å². The monoisotopic (exact) mass is 443 g/mol. The lowest BCUT2D eigenvalue weighted by molar-refractivity contribution is -0.384. The summed E-state index contributed by atoms with van der Waals surface area (Å²) in [6.45, 7) is 8.08. The Morgan fingerprint density at radius 2 is 1.78 bits per heavy atom. The number of anilines is 1. The molecule has 1 spiro atoms. The van der Waals surface area contributed by atoms with Crippen molar-refractivity contribution in [3.05, 3.63) is 16.3 Å². The molecule has 0 radical (unpaired) electrons.